The van der Waals surface area contributed by atoms with Gasteiger partial charge in [-0.25, -0.2) is 0 Å². The van der Waals surface area contributed by atoms with Crippen molar-refractivity contribution >= 4 is 32.3 Å². The Balaban J connectivity index is 0.00000102. The summed E-state index contributed by atoms with van der Waals surface area (Å²) in [6, 6.07) is 22.3. The molecule has 0 radical (unpaired) electrons. The second kappa shape index (κ2) is 13.9. The van der Waals surface area contributed by atoms with Gasteiger partial charge in [-0.1, -0.05) is 131 Å². The standard InChI is InChI=1S/C23H22.4C2H6/c1-15-13-20-18-11-7-5-9-16(18)17-10-6-8-12-19(17)21(20)14-22(15)23(2,3)4;4*1-2/h5-14H,1-4H3;4*1-2H3. The SMILES string of the molecule is CC.CC.CC.CC.Cc1cc2c3ccccc3c3ccccc3c2cc1C(C)(C)C. The van der Waals surface area contributed by atoms with E-state index in [0.717, 1.165) is 0 Å². The van der Waals surface area contributed by atoms with Gasteiger partial charge in [0.05, 0.1) is 0 Å². The molecule has 0 atom stereocenters. The second-order valence-electron chi connectivity index (χ2n) is 7.55. The third-order valence-corrected chi connectivity index (χ3v) is 4.90. The Bertz CT molecular complexity index is 1050. The monoisotopic (exact) mass is 418 g/mol. The van der Waals surface area contributed by atoms with Gasteiger partial charge in [0.25, 0.3) is 0 Å². The van der Waals surface area contributed by atoms with Gasteiger partial charge in [-0.3, -0.25) is 0 Å². The maximum atomic E-state index is 2.42. The first-order chi connectivity index (χ1) is 15.0. The molecule has 0 bridgehead atoms. The van der Waals surface area contributed by atoms with Crippen LogP contribution in [0, 0.1) is 6.92 Å². The second-order valence-corrected chi connectivity index (χ2v) is 7.55. The summed E-state index contributed by atoms with van der Waals surface area (Å²) in [5.41, 5.74) is 2.97. The molecule has 0 fully saturated rings. The van der Waals surface area contributed by atoms with Gasteiger partial charge in [-0.2, -0.15) is 0 Å². The molecular formula is C31H46. The minimum Gasteiger partial charge on any atom is -0.0683 e. The Hall–Kier alpha value is -2.34. The van der Waals surface area contributed by atoms with Gasteiger partial charge >= 0.3 is 0 Å². The molecule has 0 amide bonds. The lowest BCUT2D eigenvalue weighted by Crippen LogP contribution is -2.13. The van der Waals surface area contributed by atoms with Crippen molar-refractivity contribution in [2.45, 2.75) is 88.5 Å². The predicted molar refractivity (Wildman–Crippen MR) is 148 cm³/mol. The fraction of sp³-hybridized carbons (Fsp3) is 0.419. The van der Waals surface area contributed by atoms with E-state index >= 15 is 0 Å². The van der Waals surface area contributed by atoms with Crippen molar-refractivity contribution in [1.82, 2.24) is 0 Å². The number of benzene rings is 4. The molecule has 0 N–H and O–H groups in total. The third-order valence-electron chi connectivity index (χ3n) is 4.90. The fourth-order valence-electron chi connectivity index (χ4n) is 3.87. The minimum atomic E-state index is 0.158. The maximum Gasteiger partial charge on any atom is -0.00958 e. The zero-order chi connectivity index (χ0) is 24.2. The highest BCUT2D eigenvalue weighted by Gasteiger charge is 2.18. The Morgan fingerprint density at radius 1 is 0.452 bits per heavy atom. The molecule has 4 rings (SSSR count). The van der Waals surface area contributed by atoms with E-state index in [1.165, 1.54) is 43.4 Å². The van der Waals surface area contributed by atoms with E-state index < -0.39 is 0 Å². The molecule has 0 saturated carbocycles. The zero-order valence-electron chi connectivity index (χ0n) is 22.3. The van der Waals surface area contributed by atoms with Crippen LogP contribution in [0.5, 0.6) is 0 Å². The molecule has 0 aromatic heterocycles. The van der Waals surface area contributed by atoms with Gasteiger partial charge < -0.3 is 0 Å². The highest BCUT2D eigenvalue weighted by Crippen LogP contribution is 2.38. The van der Waals surface area contributed by atoms with Crippen LogP contribution in [0.25, 0.3) is 32.3 Å². The number of aryl methyl sites for hydroxylation is 1. The summed E-state index contributed by atoms with van der Waals surface area (Å²) in [6.45, 7) is 25.1. The van der Waals surface area contributed by atoms with Crippen LogP contribution < -0.4 is 0 Å². The first kappa shape index (κ1) is 28.7. The summed E-state index contributed by atoms with van der Waals surface area (Å²) in [5, 5.41) is 8.13. The minimum absolute atomic E-state index is 0.158. The maximum absolute atomic E-state index is 2.42. The lowest BCUT2D eigenvalue weighted by Gasteiger charge is -2.23. The molecule has 4 aromatic carbocycles. The molecular weight excluding hydrogens is 372 g/mol. The number of rotatable bonds is 0. The van der Waals surface area contributed by atoms with Crippen molar-refractivity contribution in [2.24, 2.45) is 0 Å². The van der Waals surface area contributed by atoms with Crippen molar-refractivity contribution in [2.75, 3.05) is 0 Å². The Morgan fingerprint density at radius 3 is 1.06 bits per heavy atom. The zero-order valence-corrected chi connectivity index (χ0v) is 22.3. The molecule has 0 saturated heterocycles. The molecule has 0 spiro atoms. The summed E-state index contributed by atoms with van der Waals surface area (Å²) in [7, 11) is 0. The van der Waals surface area contributed by atoms with Crippen LogP contribution in [0.4, 0.5) is 0 Å². The van der Waals surface area contributed by atoms with Gasteiger partial charge in [-0.15, -0.1) is 0 Å². The average Bonchev–Trinajstić information content (AvgIpc) is 2.83. The topological polar surface area (TPSA) is 0 Å². The molecule has 4 aromatic rings. The molecule has 0 aliphatic rings. The number of hydrogen-bond donors (Lipinski definition) is 0. The smallest absolute Gasteiger partial charge is 0.00958 e. The van der Waals surface area contributed by atoms with Gasteiger partial charge in [0.15, 0.2) is 0 Å². The van der Waals surface area contributed by atoms with Crippen molar-refractivity contribution in [3.05, 3.63) is 71.8 Å². The molecule has 0 nitrogen and oxygen atoms in total. The lowest BCUT2D eigenvalue weighted by molar-refractivity contribution is 0.587. The summed E-state index contributed by atoms with van der Waals surface area (Å²) in [5.74, 6) is 0. The van der Waals surface area contributed by atoms with E-state index in [1.807, 2.05) is 55.4 Å². The van der Waals surface area contributed by atoms with Crippen LogP contribution >= 0.6 is 0 Å². The lowest BCUT2D eigenvalue weighted by atomic mass is 9.81. The third kappa shape index (κ3) is 6.33. The van der Waals surface area contributed by atoms with Crippen LogP contribution in [0.15, 0.2) is 60.7 Å². The van der Waals surface area contributed by atoms with Crippen LogP contribution in [-0.4, -0.2) is 0 Å². The largest absolute Gasteiger partial charge is 0.0683 e. The van der Waals surface area contributed by atoms with E-state index in [0.29, 0.717) is 0 Å². The molecule has 0 heteroatoms. The quantitative estimate of drug-likeness (QED) is 0.249. The first-order valence-electron chi connectivity index (χ1n) is 12.3. The van der Waals surface area contributed by atoms with Gasteiger partial charge in [-0.05, 0) is 61.8 Å². The van der Waals surface area contributed by atoms with Crippen LogP contribution in [-0.2, 0) is 5.41 Å². The normalized spacial score (nSPS) is 9.94. The number of hydrogen-bond acceptors (Lipinski definition) is 0. The van der Waals surface area contributed by atoms with Gasteiger partial charge in [0, 0.05) is 0 Å². The Kier molecular flexibility index (Phi) is 12.8. The predicted octanol–water partition coefficient (Wildman–Crippen LogP) is 10.9. The summed E-state index contributed by atoms with van der Waals surface area (Å²) >= 11 is 0. The van der Waals surface area contributed by atoms with Crippen molar-refractivity contribution in [3.8, 4) is 0 Å². The molecule has 31 heavy (non-hydrogen) atoms. The molecule has 0 unspecified atom stereocenters. The molecule has 0 heterocycles. The Morgan fingerprint density at radius 2 is 0.742 bits per heavy atom. The van der Waals surface area contributed by atoms with E-state index in [-0.39, 0.29) is 5.41 Å². The van der Waals surface area contributed by atoms with Crippen LogP contribution in [0.2, 0.25) is 0 Å². The fourth-order valence-corrected chi connectivity index (χ4v) is 3.87. The highest BCUT2D eigenvalue weighted by atomic mass is 14.2. The molecule has 0 aliphatic heterocycles. The highest BCUT2D eigenvalue weighted by molar-refractivity contribution is 6.25. The summed E-state index contributed by atoms with van der Waals surface area (Å²) in [6.07, 6.45) is 0. The van der Waals surface area contributed by atoms with E-state index in [9.17, 15) is 0 Å². The Labute approximate surface area is 192 Å². The van der Waals surface area contributed by atoms with Crippen molar-refractivity contribution in [3.63, 3.8) is 0 Å². The van der Waals surface area contributed by atoms with Crippen molar-refractivity contribution in [1.29, 1.82) is 0 Å². The van der Waals surface area contributed by atoms with Crippen LogP contribution in [0.1, 0.15) is 87.3 Å². The van der Waals surface area contributed by atoms with Gasteiger partial charge in [0.1, 0.15) is 0 Å². The molecule has 0 aliphatic carbocycles. The summed E-state index contributed by atoms with van der Waals surface area (Å²) < 4.78 is 0. The van der Waals surface area contributed by atoms with E-state index in [4.69, 9.17) is 0 Å². The van der Waals surface area contributed by atoms with Crippen LogP contribution in [0.3, 0.4) is 0 Å². The van der Waals surface area contributed by atoms with E-state index in [2.05, 4.69) is 88.4 Å². The van der Waals surface area contributed by atoms with Gasteiger partial charge in [0.2, 0.25) is 0 Å². The first-order valence-corrected chi connectivity index (χ1v) is 12.3. The molecule has 170 valence electrons. The summed E-state index contributed by atoms with van der Waals surface area (Å²) in [4.78, 5) is 0. The number of fused-ring (bicyclic) bond motifs is 6. The average molecular weight is 419 g/mol. The van der Waals surface area contributed by atoms with E-state index in [1.54, 1.807) is 0 Å². The van der Waals surface area contributed by atoms with Crippen molar-refractivity contribution < 1.29 is 0 Å².